The number of amides is 4. The lowest BCUT2D eigenvalue weighted by molar-refractivity contribution is -0.387. The van der Waals surface area contributed by atoms with E-state index in [0.29, 0.717) is 0 Å². The van der Waals surface area contributed by atoms with Gasteiger partial charge in [-0.05, 0) is 0 Å². The lowest BCUT2D eigenvalue weighted by Crippen LogP contribution is -2.71. The molecule has 40 heteroatoms. The second-order valence-corrected chi connectivity index (χ2v) is 22.5. The molecule has 0 aliphatic carbocycles. The quantitative estimate of drug-likeness (QED) is 0.0452. The van der Waals surface area contributed by atoms with Gasteiger partial charge in [-0.1, -0.05) is 0 Å². The van der Waals surface area contributed by atoms with Crippen LogP contribution >= 0.6 is 0 Å². The second kappa shape index (κ2) is 32.4. The largest absolute Gasteiger partial charge is 0.394 e. The summed E-state index contributed by atoms with van der Waals surface area (Å²) in [5.41, 5.74) is 0. The number of hydrogen-bond acceptors (Lipinski definition) is 36. The molecular formula is C50H84N4O36. The summed E-state index contributed by atoms with van der Waals surface area (Å²) in [7, 11) is 0. The topological polar surface area (TPSA) is 621 Å². The molecule has 520 valence electrons. The van der Waals surface area contributed by atoms with Gasteiger partial charge in [0.2, 0.25) is 23.6 Å². The average Bonchev–Trinajstić information content (AvgIpc) is 0.794. The molecule has 7 saturated heterocycles. The van der Waals surface area contributed by atoms with Crippen LogP contribution in [0.3, 0.4) is 0 Å². The van der Waals surface area contributed by atoms with E-state index >= 15 is 0 Å². The highest BCUT2D eigenvalue weighted by Gasteiger charge is 2.59. The molecule has 0 aromatic rings. The van der Waals surface area contributed by atoms with E-state index in [1.807, 2.05) is 0 Å². The molecule has 90 heavy (non-hydrogen) atoms. The number of nitrogens with one attached hydrogen (secondary N) is 4. The van der Waals surface area contributed by atoms with Gasteiger partial charge in [0.05, 0.1) is 46.2 Å². The molecule has 7 heterocycles. The first kappa shape index (κ1) is 74.0. The predicted molar refractivity (Wildman–Crippen MR) is 278 cm³/mol. The summed E-state index contributed by atoms with van der Waals surface area (Å²) < 4.78 is 75.3. The SMILES string of the molecule is CC(=O)N[C@@H]1[C@@H](O)[C@H](O[C@@H]2O[C@H](CO)[C@H](O)[C@H](O[C@@H]3O[C@H](CO)[C@@H](O[C@@H]4O[C@H](CO)[C@H](O)[C@H](O[C@@H]5O[C@H](CO)[C@@H](O[C@@H]6O[C@H](CO)[C@H](O)[C@H](O[C@@H]7O[C@H](CO)[C@@H](O)[C@H](O)[C@H]7NC(C)=O)[C@H]6O)[C@H](O)[C@H]5NC(C)=O)[C@H]4O)[C@H](O)[C@H]3NC(C)=O)[C@H]2O)[C@@H](CO)O[C@H]1O. The van der Waals surface area contributed by atoms with Gasteiger partial charge in [-0.15, -0.1) is 0 Å². The smallest absolute Gasteiger partial charge is 0.217 e. The van der Waals surface area contributed by atoms with Crippen LogP contribution in [0, 0.1) is 0 Å². The van der Waals surface area contributed by atoms with Crippen LogP contribution in [-0.4, -0.2) is 382 Å². The molecule has 0 aromatic carbocycles. The molecular weight excluding hydrogens is 1230 g/mol. The van der Waals surface area contributed by atoms with Crippen molar-refractivity contribution in [1.29, 1.82) is 0 Å². The molecule has 23 N–H and O–H groups in total. The van der Waals surface area contributed by atoms with E-state index in [1.165, 1.54) is 0 Å². The first-order chi connectivity index (χ1) is 42.6. The van der Waals surface area contributed by atoms with Crippen LogP contribution in [0.25, 0.3) is 0 Å². The molecule has 0 spiro atoms. The zero-order valence-electron chi connectivity index (χ0n) is 48.6. The van der Waals surface area contributed by atoms with E-state index in [1.54, 1.807) is 0 Å². The molecule has 40 nitrogen and oxygen atoms in total. The Bertz CT molecular complexity index is 2310. The third kappa shape index (κ3) is 16.3. The van der Waals surface area contributed by atoms with Crippen molar-refractivity contribution in [1.82, 2.24) is 21.3 Å². The molecule has 4 amide bonds. The van der Waals surface area contributed by atoms with Crippen molar-refractivity contribution >= 4 is 23.6 Å². The molecule has 35 atom stereocenters. The highest BCUT2D eigenvalue weighted by Crippen LogP contribution is 2.38. The van der Waals surface area contributed by atoms with Gasteiger partial charge in [-0.2, -0.15) is 0 Å². The van der Waals surface area contributed by atoms with E-state index in [2.05, 4.69) is 21.3 Å². The standard InChI is InChI=1S/C50H84N4O36/c1-12(62)51-23-32(71)38(20(9-59)78-44(23)77)85-48-36(75)42(29(68)18(7-57)80-48)89-46-25(53-14(3)64)34(73)40(22(11-61)83-46)87-50-37(76)43(30(69)19(8-58)82-50)90-47-26(54-15(4)65)33(72)39(21(10-60)84-47)86-49-35(74)41(28(67)17(6-56)81-49)88-45-24(52-13(2)63)31(70)27(66)16(5-55)79-45/h16-50,55-61,66-77H,5-11H2,1-4H3,(H,51,62)(H,52,63)(H,53,64)(H,54,65)/t16-,17-,18-,19-,20-,21-,22-,23-,24-,25-,26-,27-,28+,29+,30+,31-,32-,33-,34-,35-,36-,37-,38-,39-,40-,41+,42+,43+,44-,45+,46+,47+,48+,49+,50+/m1/s1. The van der Waals surface area contributed by atoms with Crippen LogP contribution in [0.15, 0.2) is 0 Å². The van der Waals surface area contributed by atoms with Crippen molar-refractivity contribution in [3.05, 3.63) is 0 Å². The van der Waals surface area contributed by atoms with Gasteiger partial charge in [0.15, 0.2) is 44.0 Å². The Morgan fingerprint density at radius 1 is 0.267 bits per heavy atom. The maximum Gasteiger partial charge on any atom is 0.217 e. The van der Waals surface area contributed by atoms with Crippen LogP contribution in [0.2, 0.25) is 0 Å². The summed E-state index contributed by atoms with van der Waals surface area (Å²) in [5, 5.41) is 218. The van der Waals surface area contributed by atoms with Gasteiger partial charge in [0, 0.05) is 27.7 Å². The molecule has 0 bridgehead atoms. The lowest BCUT2D eigenvalue weighted by atomic mass is 9.93. The molecule has 0 saturated carbocycles. The maximum absolute atomic E-state index is 12.8. The monoisotopic (exact) mass is 1320 g/mol. The third-order valence-corrected chi connectivity index (χ3v) is 16.2. The maximum atomic E-state index is 12.8. The molecule has 7 aliphatic rings. The Morgan fingerprint density at radius 2 is 0.489 bits per heavy atom. The minimum absolute atomic E-state index is 0.728. The number of aliphatic hydroxyl groups excluding tert-OH is 19. The van der Waals surface area contributed by atoms with Gasteiger partial charge in [0.25, 0.3) is 0 Å². The number of aliphatic hydroxyl groups is 19. The third-order valence-electron chi connectivity index (χ3n) is 16.2. The van der Waals surface area contributed by atoms with E-state index in [9.17, 15) is 116 Å². The summed E-state index contributed by atoms with van der Waals surface area (Å²) in [6.45, 7) is -3.05. The minimum atomic E-state index is -2.29. The zero-order chi connectivity index (χ0) is 66.5. The molecule has 7 rings (SSSR count). The highest BCUT2D eigenvalue weighted by atomic mass is 16.8. The minimum Gasteiger partial charge on any atom is -0.394 e. The Balaban J connectivity index is 1.08. The Kier molecular flexibility index (Phi) is 26.6. The number of hydrogen-bond donors (Lipinski definition) is 23. The average molecular weight is 1320 g/mol. The van der Waals surface area contributed by atoms with Crippen molar-refractivity contribution in [2.24, 2.45) is 0 Å². The van der Waals surface area contributed by atoms with Crippen molar-refractivity contribution in [2.45, 2.75) is 242 Å². The fourth-order valence-electron chi connectivity index (χ4n) is 11.6. The van der Waals surface area contributed by atoms with Crippen LogP contribution in [0.1, 0.15) is 27.7 Å². The Hall–Kier alpha value is -3.40. The fourth-order valence-corrected chi connectivity index (χ4v) is 11.6. The van der Waals surface area contributed by atoms with E-state index in [-0.39, 0.29) is 0 Å². The molecule has 7 fully saturated rings. The van der Waals surface area contributed by atoms with Crippen molar-refractivity contribution in [3.63, 3.8) is 0 Å². The zero-order valence-corrected chi connectivity index (χ0v) is 48.6. The first-order valence-electron chi connectivity index (χ1n) is 28.6. The Morgan fingerprint density at radius 3 is 0.778 bits per heavy atom. The van der Waals surface area contributed by atoms with E-state index in [4.69, 9.17) is 61.6 Å². The number of carbonyl (C=O) groups excluding carboxylic acids is 4. The van der Waals surface area contributed by atoms with Gasteiger partial charge in [-0.25, -0.2) is 0 Å². The second-order valence-electron chi connectivity index (χ2n) is 22.5. The molecule has 0 aromatic heterocycles. The van der Waals surface area contributed by atoms with Crippen LogP contribution < -0.4 is 21.3 Å². The first-order valence-corrected chi connectivity index (χ1v) is 28.6. The van der Waals surface area contributed by atoms with Gasteiger partial charge in [-0.3, -0.25) is 19.2 Å². The van der Waals surface area contributed by atoms with Crippen molar-refractivity contribution < 1.29 is 178 Å². The van der Waals surface area contributed by atoms with Crippen molar-refractivity contribution in [3.8, 4) is 0 Å². The predicted octanol–water partition coefficient (Wildman–Crippen LogP) is -15.7. The Labute approximate surface area is 510 Å². The highest BCUT2D eigenvalue weighted by molar-refractivity contribution is 5.74. The van der Waals surface area contributed by atoms with E-state index in [0.717, 1.165) is 27.7 Å². The van der Waals surface area contributed by atoms with Gasteiger partial charge >= 0.3 is 0 Å². The van der Waals surface area contributed by atoms with Crippen LogP contribution in [-0.2, 0) is 80.8 Å². The summed E-state index contributed by atoms with van der Waals surface area (Å²) in [5.74, 6) is -3.28. The number of carbonyl (C=O) groups is 4. The summed E-state index contributed by atoms with van der Waals surface area (Å²) in [4.78, 5) is 49.5. The van der Waals surface area contributed by atoms with Crippen molar-refractivity contribution in [2.75, 3.05) is 46.2 Å². The number of ether oxygens (including phenoxy) is 13. The van der Waals surface area contributed by atoms with E-state index < -0.39 is 285 Å². The van der Waals surface area contributed by atoms with Crippen LogP contribution in [0.5, 0.6) is 0 Å². The normalized spacial score (nSPS) is 47.6. The van der Waals surface area contributed by atoms with Gasteiger partial charge < -0.3 is 180 Å². The number of rotatable bonds is 23. The fraction of sp³-hybridized carbons (Fsp3) is 0.920. The molecule has 0 radical (unpaired) electrons. The summed E-state index contributed by atoms with van der Waals surface area (Å²) in [6.07, 6.45) is -60.0. The summed E-state index contributed by atoms with van der Waals surface area (Å²) in [6, 6.07) is -6.87. The van der Waals surface area contributed by atoms with Gasteiger partial charge in [0.1, 0.15) is 171 Å². The summed E-state index contributed by atoms with van der Waals surface area (Å²) >= 11 is 0. The lowest BCUT2D eigenvalue weighted by Gasteiger charge is -2.51. The molecule has 7 aliphatic heterocycles. The molecule has 0 unspecified atom stereocenters. The van der Waals surface area contributed by atoms with Crippen LogP contribution in [0.4, 0.5) is 0 Å².